The Hall–Kier alpha value is -2.91. The summed E-state index contributed by atoms with van der Waals surface area (Å²) in [6.45, 7) is 3.63. The minimum absolute atomic E-state index is 0.163. The molecule has 25 heavy (non-hydrogen) atoms. The molecule has 0 spiro atoms. The molecule has 2 heterocycles. The highest BCUT2D eigenvalue weighted by molar-refractivity contribution is 6.07. The number of tetrazole rings is 1. The van der Waals surface area contributed by atoms with Crippen LogP contribution in [0.1, 0.15) is 31.7 Å². The molecule has 1 aliphatic rings. The number of benzene rings is 1. The summed E-state index contributed by atoms with van der Waals surface area (Å²) in [7, 11) is 0. The van der Waals surface area contributed by atoms with Gasteiger partial charge in [-0.2, -0.15) is 0 Å². The van der Waals surface area contributed by atoms with Gasteiger partial charge in [-0.05, 0) is 42.0 Å². The van der Waals surface area contributed by atoms with Crippen molar-refractivity contribution in [2.45, 2.75) is 38.9 Å². The third-order valence-corrected chi connectivity index (χ3v) is 4.08. The van der Waals surface area contributed by atoms with Gasteiger partial charge in [0, 0.05) is 12.1 Å². The molecule has 132 valence electrons. The molecule has 1 aromatic heterocycles. The Kier molecular flexibility index (Phi) is 4.19. The summed E-state index contributed by atoms with van der Waals surface area (Å²) in [5.41, 5.74) is -1.94. The van der Waals surface area contributed by atoms with Gasteiger partial charge in [0.1, 0.15) is 17.2 Å². The fraction of sp³-hybridized carbons (Fsp3) is 0.400. The first-order valence-electron chi connectivity index (χ1n) is 7.71. The zero-order valence-electron chi connectivity index (χ0n) is 13.7. The lowest BCUT2D eigenvalue weighted by molar-refractivity contribution is -0.131. The number of halogens is 2. The van der Waals surface area contributed by atoms with Crippen molar-refractivity contribution in [3.05, 3.63) is 41.2 Å². The summed E-state index contributed by atoms with van der Waals surface area (Å²) in [5.74, 6) is -1.86. The number of nitrogens with zero attached hydrogens (tertiary/aromatic N) is 5. The van der Waals surface area contributed by atoms with Crippen LogP contribution in [0, 0.1) is 11.6 Å². The molecule has 3 rings (SSSR count). The fourth-order valence-electron chi connectivity index (χ4n) is 2.77. The molecule has 0 aliphatic carbocycles. The molecule has 0 unspecified atom stereocenters. The van der Waals surface area contributed by atoms with E-state index in [1.165, 1.54) is 11.6 Å². The summed E-state index contributed by atoms with van der Waals surface area (Å²) >= 11 is 0. The lowest BCUT2D eigenvalue weighted by atomic mass is 9.91. The molecule has 1 fully saturated rings. The summed E-state index contributed by atoms with van der Waals surface area (Å²) in [4.78, 5) is 25.9. The predicted molar refractivity (Wildman–Crippen MR) is 80.9 cm³/mol. The van der Waals surface area contributed by atoms with Crippen molar-refractivity contribution in [2.24, 2.45) is 0 Å². The van der Waals surface area contributed by atoms with Crippen LogP contribution in [0.2, 0.25) is 0 Å². The largest absolute Gasteiger partial charge is 0.325 e. The lowest BCUT2D eigenvalue weighted by Crippen LogP contribution is -2.41. The summed E-state index contributed by atoms with van der Waals surface area (Å²) in [6, 6.07) is 2.04. The summed E-state index contributed by atoms with van der Waals surface area (Å²) < 4.78 is 29.1. The van der Waals surface area contributed by atoms with E-state index in [4.69, 9.17) is 0 Å². The highest BCUT2D eigenvalue weighted by Crippen LogP contribution is 2.31. The van der Waals surface area contributed by atoms with Gasteiger partial charge in [-0.25, -0.2) is 18.3 Å². The number of amides is 3. The standard InChI is InChI=1S/C15H16F2N6O2/c1-3-6-23-12(19-20-21-23)8-22-13(24)15(2,18-14(22)25)10-7-9(16)4-5-11(10)17/h4-5,7H,3,6,8H2,1-2H3,(H,18,25)/t15-/m1/s1. The van der Waals surface area contributed by atoms with E-state index in [0.29, 0.717) is 12.4 Å². The van der Waals surface area contributed by atoms with Gasteiger partial charge >= 0.3 is 6.03 Å². The number of hydrogen-bond donors (Lipinski definition) is 1. The first-order valence-corrected chi connectivity index (χ1v) is 7.71. The number of rotatable bonds is 5. The fourth-order valence-corrected chi connectivity index (χ4v) is 2.77. The maximum absolute atomic E-state index is 14.1. The van der Waals surface area contributed by atoms with Gasteiger partial charge in [-0.3, -0.25) is 9.69 Å². The zero-order chi connectivity index (χ0) is 18.2. The Morgan fingerprint density at radius 3 is 2.76 bits per heavy atom. The summed E-state index contributed by atoms with van der Waals surface area (Å²) in [5, 5.41) is 13.6. The van der Waals surface area contributed by atoms with Crippen LogP contribution < -0.4 is 5.32 Å². The van der Waals surface area contributed by atoms with E-state index in [2.05, 4.69) is 20.8 Å². The Morgan fingerprint density at radius 2 is 2.04 bits per heavy atom. The van der Waals surface area contributed by atoms with Crippen LogP contribution in [0.4, 0.5) is 13.6 Å². The number of carbonyl (C=O) groups is 2. The van der Waals surface area contributed by atoms with Crippen molar-refractivity contribution >= 4 is 11.9 Å². The average Bonchev–Trinajstić information content (AvgIpc) is 3.09. The Morgan fingerprint density at radius 1 is 1.28 bits per heavy atom. The van der Waals surface area contributed by atoms with Crippen molar-refractivity contribution < 1.29 is 18.4 Å². The van der Waals surface area contributed by atoms with E-state index in [9.17, 15) is 18.4 Å². The third kappa shape index (κ3) is 2.83. The first-order chi connectivity index (χ1) is 11.9. The molecule has 0 bridgehead atoms. The number of nitrogens with one attached hydrogen (secondary N) is 1. The minimum atomic E-state index is -1.70. The van der Waals surface area contributed by atoms with E-state index in [0.717, 1.165) is 29.5 Å². The van der Waals surface area contributed by atoms with E-state index >= 15 is 0 Å². The minimum Gasteiger partial charge on any atom is -0.319 e. The molecule has 3 amide bonds. The normalized spacial score (nSPS) is 20.2. The molecule has 1 N–H and O–H groups in total. The molecule has 1 saturated heterocycles. The molecule has 0 radical (unpaired) electrons. The SMILES string of the molecule is CCCn1nnnc1CN1C(=O)N[C@](C)(c2cc(F)ccc2F)C1=O. The van der Waals surface area contributed by atoms with Gasteiger partial charge in [0.15, 0.2) is 5.82 Å². The maximum Gasteiger partial charge on any atom is 0.325 e. The molecule has 1 atom stereocenters. The van der Waals surface area contributed by atoms with Gasteiger partial charge in [0.25, 0.3) is 5.91 Å². The topological polar surface area (TPSA) is 93.0 Å². The number of aryl methyl sites for hydroxylation is 1. The monoisotopic (exact) mass is 350 g/mol. The smallest absolute Gasteiger partial charge is 0.319 e. The third-order valence-electron chi connectivity index (χ3n) is 4.08. The van der Waals surface area contributed by atoms with Gasteiger partial charge in [-0.1, -0.05) is 6.92 Å². The quantitative estimate of drug-likeness (QED) is 0.821. The van der Waals surface area contributed by atoms with Gasteiger partial charge in [0.05, 0.1) is 6.54 Å². The molecule has 8 nitrogen and oxygen atoms in total. The summed E-state index contributed by atoms with van der Waals surface area (Å²) in [6.07, 6.45) is 0.768. The number of carbonyl (C=O) groups excluding carboxylic acids is 2. The van der Waals surface area contributed by atoms with Crippen molar-refractivity contribution in [1.29, 1.82) is 0 Å². The van der Waals surface area contributed by atoms with Crippen molar-refractivity contribution in [3.63, 3.8) is 0 Å². The molecular weight excluding hydrogens is 334 g/mol. The van der Waals surface area contributed by atoms with E-state index in [-0.39, 0.29) is 12.1 Å². The van der Waals surface area contributed by atoms with E-state index < -0.39 is 29.1 Å². The second-order valence-electron chi connectivity index (χ2n) is 5.89. The maximum atomic E-state index is 14.1. The van der Waals surface area contributed by atoms with Crippen LogP contribution in [0.15, 0.2) is 18.2 Å². The van der Waals surface area contributed by atoms with Crippen LogP contribution in [0.3, 0.4) is 0 Å². The molecular formula is C15H16F2N6O2. The highest BCUT2D eigenvalue weighted by Gasteiger charge is 2.50. The van der Waals surface area contributed by atoms with Crippen LogP contribution in [-0.4, -0.2) is 37.0 Å². The molecule has 2 aromatic rings. The molecule has 1 aromatic carbocycles. The number of imide groups is 1. The van der Waals surface area contributed by atoms with Crippen molar-refractivity contribution in [3.8, 4) is 0 Å². The number of aromatic nitrogens is 4. The number of hydrogen-bond acceptors (Lipinski definition) is 5. The first kappa shape index (κ1) is 16.9. The van der Waals surface area contributed by atoms with Gasteiger partial charge in [0.2, 0.25) is 0 Å². The Balaban J connectivity index is 1.92. The van der Waals surface area contributed by atoms with Gasteiger partial charge in [-0.15, -0.1) is 5.10 Å². The average molecular weight is 350 g/mol. The van der Waals surface area contributed by atoms with Crippen molar-refractivity contribution in [1.82, 2.24) is 30.4 Å². The second-order valence-corrected chi connectivity index (χ2v) is 5.89. The Bertz CT molecular complexity index is 839. The molecule has 0 saturated carbocycles. The van der Waals surface area contributed by atoms with Crippen LogP contribution in [-0.2, 0) is 23.4 Å². The van der Waals surface area contributed by atoms with Gasteiger partial charge < -0.3 is 5.32 Å². The van der Waals surface area contributed by atoms with E-state index in [1.807, 2.05) is 6.92 Å². The van der Waals surface area contributed by atoms with E-state index in [1.54, 1.807) is 0 Å². The Labute approximate surface area is 141 Å². The zero-order valence-corrected chi connectivity index (χ0v) is 13.7. The van der Waals surface area contributed by atoms with Crippen LogP contribution in [0.25, 0.3) is 0 Å². The highest BCUT2D eigenvalue weighted by atomic mass is 19.1. The van der Waals surface area contributed by atoms with Crippen molar-refractivity contribution in [2.75, 3.05) is 0 Å². The number of urea groups is 1. The molecule has 10 heteroatoms. The van der Waals surface area contributed by atoms with Crippen LogP contribution >= 0.6 is 0 Å². The predicted octanol–water partition coefficient (Wildman–Crippen LogP) is 1.33. The molecule has 1 aliphatic heterocycles. The second kappa shape index (κ2) is 6.19. The van der Waals surface area contributed by atoms with Crippen LogP contribution in [0.5, 0.6) is 0 Å². The lowest BCUT2D eigenvalue weighted by Gasteiger charge is -2.22.